The lowest BCUT2D eigenvalue weighted by atomic mass is 10.0. The zero-order valence-electron chi connectivity index (χ0n) is 22.9. The number of amides is 2. The van der Waals surface area contributed by atoms with Gasteiger partial charge in [0.25, 0.3) is 11.8 Å². The van der Waals surface area contributed by atoms with Crippen molar-refractivity contribution in [1.82, 2.24) is 19.6 Å². The summed E-state index contributed by atoms with van der Waals surface area (Å²) in [6.45, 7) is 1.92. The van der Waals surface area contributed by atoms with E-state index in [-0.39, 0.29) is 29.0 Å². The van der Waals surface area contributed by atoms with Crippen molar-refractivity contribution in [3.05, 3.63) is 101 Å². The minimum atomic E-state index is -0.919. The largest absolute Gasteiger partial charge is 0.448 e. The summed E-state index contributed by atoms with van der Waals surface area (Å²) in [7, 11) is 0. The SMILES string of the molecule is CCO/N=C(\C(=O)NC1C(=O)N2C(C(=O)OC(c3ccccc3)c3ccccc3)=C(C=CCI)CS[C@H]12)c1nsc(N)n1. The number of ether oxygens (including phenoxy) is 1. The molecular weight excluding hydrogens is 703 g/mol. The maximum atomic E-state index is 13.9. The highest BCUT2D eigenvalue weighted by Gasteiger charge is 2.54. The summed E-state index contributed by atoms with van der Waals surface area (Å²) in [5.41, 5.74) is 7.92. The van der Waals surface area contributed by atoms with Crippen LogP contribution in [0, 0.1) is 0 Å². The number of nitrogens with zero attached hydrogens (tertiary/aromatic N) is 4. The summed E-state index contributed by atoms with van der Waals surface area (Å²) >= 11 is 4.56. The molecule has 43 heavy (non-hydrogen) atoms. The summed E-state index contributed by atoms with van der Waals surface area (Å²) in [6, 6.07) is 17.9. The number of rotatable bonds is 11. The zero-order valence-corrected chi connectivity index (χ0v) is 26.7. The number of benzene rings is 2. The van der Waals surface area contributed by atoms with Crippen molar-refractivity contribution >= 4 is 74.5 Å². The van der Waals surface area contributed by atoms with Crippen molar-refractivity contribution in [2.45, 2.75) is 24.4 Å². The van der Waals surface area contributed by atoms with Crippen molar-refractivity contribution in [2.75, 3.05) is 22.5 Å². The number of hydrogen-bond acceptors (Lipinski definition) is 11. The molecule has 2 aliphatic rings. The van der Waals surface area contributed by atoms with Crippen LogP contribution >= 0.6 is 45.9 Å². The Labute approximate surface area is 269 Å². The predicted octanol–water partition coefficient (Wildman–Crippen LogP) is 3.84. The van der Waals surface area contributed by atoms with Crippen LogP contribution in [0.4, 0.5) is 5.13 Å². The van der Waals surface area contributed by atoms with Crippen molar-refractivity contribution in [3.63, 3.8) is 0 Å². The molecule has 0 aliphatic carbocycles. The molecule has 0 spiro atoms. The van der Waals surface area contributed by atoms with Gasteiger partial charge >= 0.3 is 5.97 Å². The van der Waals surface area contributed by atoms with Gasteiger partial charge in [-0.3, -0.25) is 14.5 Å². The third kappa shape index (κ3) is 6.75. The normalized spacial score (nSPS) is 18.4. The van der Waals surface area contributed by atoms with E-state index in [1.165, 1.54) is 16.7 Å². The molecule has 3 N–H and O–H groups in total. The Morgan fingerprint density at radius 2 is 1.86 bits per heavy atom. The van der Waals surface area contributed by atoms with E-state index in [0.29, 0.717) is 11.3 Å². The smallest absolute Gasteiger partial charge is 0.356 e. The molecule has 5 rings (SSSR count). The van der Waals surface area contributed by atoms with Crippen LogP contribution in [-0.2, 0) is 24.0 Å². The molecule has 0 saturated carbocycles. The molecule has 2 atom stereocenters. The van der Waals surface area contributed by atoms with Gasteiger partial charge in [0.2, 0.25) is 11.5 Å². The molecule has 222 valence electrons. The number of nitrogen functional groups attached to an aromatic ring is 1. The Bertz CT molecular complexity index is 1540. The second-order valence-corrected chi connectivity index (χ2v) is 12.0. The maximum Gasteiger partial charge on any atom is 0.356 e. The molecule has 0 bridgehead atoms. The van der Waals surface area contributed by atoms with Crippen LogP contribution in [0.1, 0.15) is 30.0 Å². The van der Waals surface area contributed by atoms with Crippen LogP contribution in [0.15, 0.2) is 89.2 Å². The van der Waals surface area contributed by atoms with Gasteiger partial charge in [-0.25, -0.2) is 4.79 Å². The number of nitrogens with two attached hydrogens (primary N) is 1. The topological polar surface area (TPSA) is 149 Å². The number of nitrogens with one attached hydrogen (secondary N) is 1. The molecular formula is C29H27IN6O5S2. The lowest BCUT2D eigenvalue weighted by Crippen LogP contribution is -2.71. The van der Waals surface area contributed by atoms with E-state index in [1.807, 2.05) is 72.8 Å². The van der Waals surface area contributed by atoms with Crippen molar-refractivity contribution < 1.29 is 24.0 Å². The number of hydrogen-bond donors (Lipinski definition) is 2. The Kier molecular flexibility index (Phi) is 10.1. The summed E-state index contributed by atoms with van der Waals surface area (Å²) in [5.74, 6) is -1.34. The number of anilines is 1. The third-order valence-corrected chi connectivity index (χ3v) is 8.82. The van der Waals surface area contributed by atoms with Crippen LogP contribution in [0.3, 0.4) is 0 Å². The fourth-order valence-corrected chi connectivity index (χ4v) is 6.56. The van der Waals surface area contributed by atoms with Gasteiger partial charge in [0.05, 0.1) is 0 Å². The molecule has 3 heterocycles. The Morgan fingerprint density at radius 1 is 1.19 bits per heavy atom. The first-order valence-electron chi connectivity index (χ1n) is 13.2. The molecule has 14 heteroatoms. The second-order valence-electron chi connectivity index (χ2n) is 9.21. The maximum absolute atomic E-state index is 13.9. The fourth-order valence-electron chi connectivity index (χ4n) is 4.55. The van der Waals surface area contributed by atoms with Crippen LogP contribution in [-0.4, -0.2) is 66.0 Å². The average molecular weight is 731 g/mol. The highest BCUT2D eigenvalue weighted by atomic mass is 127. The Hall–Kier alpha value is -3.76. The van der Waals surface area contributed by atoms with E-state index in [1.54, 1.807) is 6.92 Å². The zero-order chi connectivity index (χ0) is 30.3. The number of esters is 1. The third-order valence-electron chi connectivity index (χ3n) is 6.47. The number of thioether (sulfide) groups is 1. The second kappa shape index (κ2) is 14.1. The number of oxime groups is 1. The van der Waals surface area contributed by atoms with Crippen LogP contribution < -0.4 is 11.1 Å². The van der Waals surface area contributed by atoms with Gasteiger partial charge in [-0.15, -0.1) is 11.8 Å². The van der Waals surface area contributed by atoms with E-state index in [2.05, 4.69) is 42.4 Å². The number of halogens is 1. The Morgan fingerprint density at radius 3 is 2.44 bits per heavy atom. The number of carbonyl (C=O) groups excluding carboxylic acids is 3. The van der Waals surface area contributed by atoms with Gasteiger partial charge in [0.1, 0.15) is 23.7 Å². The van der Waals surface area contributed by atoms with Gasteiger partial charge in [-0.2, -0.15) is 9.36 Å². The number of carbonyl (C=O) groups is 3. The highest BCUT2D eigenvalue weighted by Crippen LogP contribution is 2.42. The summed E-state index contributed by atoms with van der Waals surface area (Å²) in [4.78, 5) is 51.3. The van der Waals surface area contributed by atoms with Crippen molar-refractivity contribution in [2.24, 2.45) is 5.16 Å². The summed E-state index contributed by atoms with van der Waals surface area (Å²) < 4.78 is 10.9. The van der Waals surface area contributed by atoms with Crippen molar-refractivity contribution in [3.8, 4) is 0 Å². The lowest BCUT2D eigenvalue weighted by molar-refractivity contribution is -0.154. The lowest BCUT2D eigenvalue weighted by Gasteiger charge is -2.49. The molecule has 3 aromatic rings. The van der Waals surface area contributed by atoms with Gasteiger partial charge in [0, 0.05) is 21.7 Å². The predicted molar refractivity (Wildman–Crippen MR) is 173 cm³/mol. The van der Waals surface area contributed by atoms with Gasteiger partial charge in [-0.05, 0) is 23.6 Å². The van der Waals surface area contributed by atoms with Gasteiger partial charge in [-0.1, -0.05) is 101 Å². The van der Waals surface area contributed by atoms with Crippen LogP contribution in [0.5, 0.6) is 0 Å². The van der Waals surface area contributed by atoms with Crippen LogP contribution in [0.25, 0.3) is 0 Å². The van der Waals surface area contributed by atoms with E-state index in [4.69, 9.17) is 15.3 Å². The van der Waals surface area contributed by atoms with E-state index in [0.717, 1.165) is 27.1 Å². The van der Waals surface area contributed by atoms with Gasteiger partial charge < -0.3 is 20.6 Å². The molecule has 2 aromatic carbocycles. The quantitative estimate of drug-likeness (QED) is 0.0750. The first-order chi connectivity index (χ1) is 20.9. The summed E-state index contributed by atoms with van der Waals surface area (Å²) in [5, 5.41) is 6.19. The first kappa shape index (κ1) is 30.7. The Balaban J connectivity index is 1.41. The van der Waals surface area contributed by atoms with Crippen LogP contribution in [0.2, 0.25) is 0 Å². The molecule has 1 fully saturated rings. The molecule has 0 radical (unpaired) electrons. The monoisotopic (exact) mass is 730 g/mol. The fraction of sp³-hybridized carbons (Fsp3) is 0.241. The minimum absolute atomic E-state index is 0.00312. The molecule has 2 amide bonds. The summed E-state index contributed by atoms with van der Waals surface area (Å²) in [6.07, 6.45) is 3.08. The minimum Gasteiger partial charge on any atom is -0.448 e. The highest BCUT2D eigenvalue weighted by molar-refractivity contribution is 14.1. The van der Waals surface area contributed by atoms with Gasteiger partial charge in [0.15, 0.2) is 11.2 Å². The average Bonchev–Trinajstić information content (AvgIpc) is 3.47. The molecule has 2 aliphatic heterocycles. The number of aromatic nitrogens is 2. The van der Waals surface area contributed by atoms with E-state index in [9.17, 15) is 14.4 Å². The molecule has 1 aromatic heterocycles. The van der Waals surface area contributed by atoms with E-state index < -0.39 is 35.3 Å². The number of alkyl halides is 1. The molecule has 1 saturated heterocycles. The molecule has 1 unspecified atom stereocenters. The number of allylic oxidation sites excluding steroid dienone is 2. The van der Waals surface area contributed by atoms with E-state index >= 15 is 0 Å². The standard InChI is InChI=1S/C29H27IN6O5S2/c1-2-40-34-20(24-33-29(31)43-35-24)25(37)32-21-26(38)36-22(19(14-9-15-30)16-42-27(21)36)28(39)41-23(17-10-5-3-6-11-17)18-12-7-4-8-13-18/h3-14,21,23,27H,2,15-16H2,1H3,(H,32,37)(H2,31,33,35)/b14-9?,34-20-/t21?,27-/m1/s1. The number of fused-ring (bicyclic) bond motifs is 1. The van der Waals surface area contributed by atoms with Crippen molar-refractivity contribution in [1.29, 1.82) is 0 Å². The number of β-lactam (4-membered cyclic amide) rings is 1. The first-order valence-corrected chi connectivity index (χ1v) is 16.6. The molecule has 11 nitrogen and oxygen atoms in total.